The Bertz CT molecular complexity index is 2220. The van der Waals surface area contributed by atoms with Crippen LogP contribution in [0.1, 0.15) is 84.6 Å². The van der Waals surface area contributed by atoms with Crippen LogP contribution >= 0.6 is 0 Å². The Kier molecular flexibility index (Phi) is 26.6. The second-order valence-electron chi connectivity index (χ2n) is 20.4. The van der Waals surface area contributed by atoms with Crippen LogP contribution in [0.2, 0.25) is 0 Å². The highest BCUT2D eigenvalue weighted by Crippen LogP contribution is 2.38. The molecule has 1 aromatic rings. The number of allylic oxidation sites excluding steroid dienone is 12. The number of amides is 1. The number of hydrogen-bond acceptors (Lipinski definition) is 18. The number of aliphatic hydroxyl groups excluding tert-OH is 9. The molecule has 0 aromatic heterocycles. The number of ether oxygens (including phenoxy) is 4. The normalized spacial score (nSPS) is 40.5. The van der Waals surface area contributed by atoms with Crippen molar-refractivity contribution >= 4 is 17.8 Å². The molecule has 2 saturated heterocycles. The number of cyclic esters (lactones) is 1. The lowest BCUT2D eigenvalue weighted by Gasteiger charge is -2.45. The first kappa shape index (κ1) is 64.7. The zero-order valence-electron chi connectivity index (χ0n) is 44.0. The summed E-state index contributed by atoms with van der Waals surface area (Å²) in [5, 5.41) is 123. The van der Waals surface area contributed by atoms with Gasteiger partial charge in [0.2, 0.25) is 5.91 Å². The van der Waals surface area contributed by atoms with Gasteiger partial charge in [0, 0.05) is 37.5 Å². The van der Waals surface area contributed by atoms with Crippen LogP contribution in [0, 0.1) is 23.6 Å². The molecule has 3 aliphatic heterocycles. The number of carboxylic acids is 1. The molecule has 77 heavy (non-hydrogen) atoms. The van der Waals surface area contributed by atoms with Crippen molar-refractivity contribution in [2.75, 3.05) is 0 Å². The predicted octanol–water partition coefficient (Wildman–Crippen LogP) is 1.58. The number of aliphatic hydroxyl groups is 10. The summed E-state index contributed by atoms with van der Waals surface area (Å²) in [5.74, 6) is -8.56. The largest absolute Gasteiger partial charge is 0.481 e. The molecule has 1 aromatic carbocycles. The molecule has 2 fully saturated rings. The molecule has 430 valence electrons. The Hall–Kier alpha value is -4.82. The molecular formula is C56H81FN2O18. The van der Waals surface area contributed by atoms with Crippen LogP contribution < -0.4 is 11.1 Å². The Morgan fingerprint density at radius 1 is 0.727 bits per heavy atom. The second kappa shape index (κ2) is 31.7. The van der Waals surface area contributed by atoms with E-state index in [1.165, 1.54) is 37.3 Å². The predicted molar refractivity (Wildman–Crippen MR) is 279 cm³/mol. The summed E-state index contributed by atoms with van der Waals surface area (Å²) in [6.45, 7) is 6.62. The van der Waals surface area contributed by atoms with E-state index in [1.54, 1.807) is 92.8 Å². The van der Waals surface area contributed by atoms with Gasteiger partial charge in [-0.25, -0.2) is 4.39 Å². The van der Waals surface area contributed by atoms with Gasteiger partial charge in [-0.1, -0.05) is 117 Å². The number of carbonyl (C=O) groups excluding carboxylic acids is 2. The van der Waals surface area contributed by atoms with Crippen molar-refractivity contribution in [3.05, 3.63) is 121 Å². The van der Waals surface area contributed by atoms with Crippen molar-refractivity contribution in [2.45, 2.75) is 189 Å². The van der Waals surface area contributed by atoms with E-state index in [2.05, 4.69) is 5.32 Å². The monoisotopic (exact) mass is 1090 g/mol. The fourth-order valence-electron chi connectivity index (χ4n) is 9.37. The van der Waals surface area contributed by atoms with E-state index in [0.29, 0.717) is 0 Å². The minimum absolute atomic E-state index is 0.140. The van der Waals surface area contributed by atoms with Crippen molar-refractivity contribution in [1.29, 1.82) is 0 Å². The van der Waals surface area contributed by atoms with E-state index >= 15 is 0 Å². The Balaban J connectivity index is 1.59. The van der Waals surface area contributed by atoms with E-state index in [-0.39, 0.29) is 37.2 Å². The lowest BCUT2D eigenvalue weighted by atomic mass is 9.82. The zero-order chi connectivity index (χ0) is 57.0. The van der Waals surface area contributed by atoms with Crippen LogP contribution in [0.5, 0.6) is 0 Å². The van der Waals surface area contributed by atoms with E-state index < -0.39 is 171 Å². The molecule has 21 heteroatoms. The van der Waals surface area contributed by atoms with Crippen molar-refractivity contribution in [2.24, 2.45) is 23.5 Å². The number of nitrogens with two attached hydrogens (primary N) is 1. The van der Waals surface area contributed by atoms with Crippen LogP contribution in [-0.4, -0.2) is 178 Å². The van der Waals surface area contributed by atoms with Crippen molar-refractivity contribution in [3.8, 4) is 0 Å². The first-order chi connectivity index (χ1) is 36.4. The highest BCUT2D eigenvalue weighted by Gasteiger charge is 2.51. The average molecular weight is 1090 g/mol. The van der Waals surface area contributed by atoms with Gasteiger partial charge in [-0.05, 0) is 51.2 Å². The summed E-state index contributed by atoms with van der Waals surface area (Å²) < 4.78 is 37.9. The Labute approximate surface area is 449 Å². The van der Waals surface area contributed by atoms with Gasteiger partial charge in [0.15, 0.2) is 12.1 Å². The third-order valence-electron chi connectivity index (χ3n) is 14.0. The molecule has 1 amide bonds. The summed E-state index contributed by atoms with van der Waals surface area (Å²) in [6.07, 6.45) is 0.713. The van der Waals surface area contributed by atoms with Crippen LogP contribution in [0.4, 0.5) is 4.39 Å². The highest BCUT2D eigenvalue weighted by molar-refractivity contribution is 5.82. The van der Waals surface area contributed by atoms with E-state index in [0.717, 1.165) is 0 Å². The summed E-state index contributed by atoms with van der Waals surface area (Å²) in [6, 6.07) is 2.98. The van der Waals surface area contributed by atoms with Crippen LogP contribution in [-0.2, 0) is 39.8 Å². The first-order valence-corrected chi connectivity index (χ1v) is 26.1. The second-order valence-corrected chi connectivity index (χ2v) is 20.4. The van der Waals surface area contributed by atoms with Gasteiger partial charge in [-0.15, -0.1) is 0 Å². The maximum Gasteiger partial charge on any atom is 0.311 e. The molecule has 20 nitrogen and oxygen atoms in total. The molecule has 0 aliphatic carbocycles. The molecule has 14 N–H and O–H groups in total. The molecule has 1 unspecified atom stereocenters. The molecule has 0 radical (unpaired) electrons. The fraction of sp³-hybridized carbons (Fsp3) is 0.589. The van der Waals surface area contributed by atoms with E-state index in [4.69, 9.17) is 24.7 Å². The van der Waals surface area contributed by atoms with Gasteiger partial charge in [0.05, 0.1) is 79.5 Å². The third-order valence-corrected chi connectivity index (χ3v) is 14.0. The standard InChI is InChI=1S/C56H81FN2O18/c1-32-19-15-13-11-9-7-5-6-8-10-12-14-16-21-40(76-55-52(69)49(51(68)35(4)75-55)59-53(70)42(58)25-36-20-17-18-22-41(36)57)29-46-48(54(71)72)45(65)31-56(73,77-46)30-39(62)27-44(64)43(63)24-23-37(60)26-38(61)28-47(66)74-34(3)33(2)50(32)67/h5-22,32-35,37-40,42-46,48-52,55,60-65,67-69,73H,23-31,58H2,1-4H3,(H,59,70)(H,71,72)/b6-5+,9-7+,10-8+,13-11+,14-12+,19-15+,21-16+/t32-,33-,34-,35-,37+,38+,39-,40-,42?,43+,44+,45-,46-,48+,49-,50+,51+,52-,55-,56+/m0/s1. The van der Waals surface area contributed by atoms with E-state index in [1.807, 2.05) is 6.92 Å². The van der Waals surface area contributed by atoms with E-state index in [9.17, 15) is 74.9 Å². The Morgan fingerprint density at radius 2 is 1.32 bits per heavy atom. The third kappa shape index (κ3) is 21.1. The maximum absolute atomic E-state index is 14.4. The van der Waals surface area contributed by atoms with Gasteiger partial charge in [0.25, 0.3) is 0 Å². The quantitative estimate of drug-likeness (QED) is 0.172. The maximum atomic E-state index is 14.4. The number of carboxylic acid groups (broad SMARTS) is 1. The number of fused-ring (bicyclic) bond motifs is 2. The molecule has 4 rings (SSSR count). The lowest BCUT2D eigenvalue weighted by molar-refractivity contribution is -0.309. The van der Waals surface area contributed by atoms with Crippen LogP contribution in [0.15, 0.2) is 109 Å². The minimum atomic E-state index is -2.41. The summed E-state index contributed by atoms with van der Waals surface area (Å²) in [4.78, 5) is 38.7. The molecule has 20 atom stereocenters. The van der Waals surface area contributed by atoms with Crippen molar-refractivity contribution in [1.82, 2.24) is 5.32 Å². The van der Waals surface area contributed by atoms with Gasteiger partial charge in [-0.3, -0.25) is 14.4 Å². The molecule has 3 aliphatic rings. The van der Waals surface area contributed by atoms with Gasteiger partial charge in [0.1, 0.15) is 30.0 Å². The number of halogens is 1. The minimum Gasteiger partial charge on any atom is -0.481 e. The zero-order valence-corrected chi connectivity index (χ0v) is 44.0. The number of esters is 1. The fourth-order valence-corrected chi connectivity index (χ4v) is 9.37. The first-order valence-electron chi connectivity index (χ1n) is 26.1. The number of carbonyl (C=O) groups is 3. The molecule has 2 bridgehead atoms. The van der Waals surface area contributed by atoms with Crippen molar-refractivity contribution < 1.29 is 93.9 Å². The Morgan fingerprint density at radius 3 is 1.94 bits per heavy atom. The average Bonchev–Trinajstić information content (AvgIpc) is 3.35. The van der Waals surface area contributed by atoms with Gasteiger partial charge >= 0.3 is 11.9 Å². The number of hydrogen-bond donors (Lipinski definition) is 13. The number of aliphatic carboxylic acids is 1. The number of rotatable bonds is 7. The summed E-state index contributed by atoms with van der Waals surface area (Å²) in [5.41, 5.74) is 6.28. The molecule has 0 spiro atoms. The van der Waals surface area contributed by atoms with Gasteiger partial charge < -0.3 is 86.2 Å². The van der Waals surface area contributed by atoms with Crippen LogP contribution in [0.25, 0.3) is 0 Å². The molecule has 3 heterocycles. The molecule has 0 saturated carbocycles. The lowest BCUT2D eigenvalue weighted by Crippen LogP contribution is -2.65. The number of nitrogens with one attached hydrogen (secondary N) is 1. The molecular weight excluding hydrogens is 1010 g/mol. The highest BCUT2D eigenvalue weighted by atomic mass is 19.1. The summed E-state index contributed by atoms with van der Waals surface area (Å²) in [7, 11) is 0. The topological polar surface area (TPSA) is 349 Å². The van der Waals surface area contributed by atoms with Gasteiger partial charge in [-0.2, -0.15) is 0 Å². The van der Waals surface area contributed by atoms with Crippen LogP contribution in [0.3, 0.4) is 0 Å². The smallest absolute Gasteiger partial charge is 0.311 e. The summed E-state index contributed by atoms with van der Waals surface area (Å²) >= 11 is 0. The number of benzene rings is 1. The SMILES string of the molecule is C[C@@H]1[C@H](O)[C@@H](C)/C=C/C=C/C=C/C=C/C=C/C=C/C=C/[C@H](O[C@@H]2O[C@@H](C)[C@@H](O)[C@H](NC(=O)C(N)Cc3ccccc3F)[C@@H]2O)C[C@@H]2O[C@](O)(C[C@@H](O)C[C@@H](O)[C@H](O)CC[C@@H](O)C[C@@H](O)CC(=O)O[C@H]1C)C[C@H](O)[C@H]2C(=O)O. The van der Waals surface area contributed by atoms with Crippen molar-refractivity contribution in [3.63, 3.8) is 0 Å².